The van der Waals surface area contributed by atoms with Gasteiger partial charge in [0, 0.05) is 36.2 Å². The molecular formula is C31H29N9O. The van der Waals surface area contributed by atoms with Gasteiger partial charge >= 0.3 is 0 Å². The van der Waals surface area contributed by atoms with E-state index in [0.717, 1.165) is 58.2 Å². The molecule has 0 bridgehead atoms. The third-order valence-electron chi connectivity index (χ3n) is 7.27. The van der Waals surface area contributed by atoms with E-state index in [0.29, 0.717) is 11.4 Å². The number of amides is 1. The molecule has 6 aromatic rings. The van der Waals surface area contributed by atoms with Gasteiger partial charge in [-0.15, -0.1) is 0 Å². The predicted octanol–water partition coefficient (Wildman–Crippen LogP) is 4.54. The first-order valence-electron chi connectivity index (χ1n) is 13.3. The molecule has 0 aliphatic heterocycles. The van der Waals surface area contributed by atoms with Gasteiger partial charge in [0.1, 0.15) is 11.3 Å². The van der Waals surface area contributed by atoms with Crippen LogP contribution >= 0.6 is 0 Å². The van der Waals surface area contributed by atoms with Gasteiger partial charge in [-0.2, -0.15) is 5.10 Å². The van der Waals surface area contributed by atoms with Crippen LogP contribution < -0.4 is 11.5 Å². The van der Waals surface area contributed by atoms with Crippen LogP contribution in [-0.4, -0.2) is 40.2 Å². The van der Waals surface area contributed by atoms with Gasteiger partial charge in [-0.05, 0) is 98.3 Å². The van der Waals surface area contributed by atoms with E-state index >= 15 is 0 Å². The third kappa shape index (κ3) is 5.03. The van der Waals surface area contributed by atoms with E-state index in [4.69, 9.17) is 21.4 Å². The Morgan fingerprint density at radius 1 is 0.927 bits per heavy atom. The number of nitrogens with zero attached hydrogens (tertiary/aromatic N) is 7. The molecule has 0 saturated heterocycles. The number of pyridine rings is 3. The van der Waals surface area contributed by atoms with Crippen LogP contribution in [0.2, 0.25) is 0 Å². The van der Waals surface area contributed by atoms with Gasteiger partial charge < -0.3 is 11.5 Å². The molecule has 0 saturated carbocycles. The van der Waals surface area contributed by atoms with E-state index in [1.165, 1.54) is 23.7 Å². The van der Waals surface area contributed by atoms with Crippen molar-refractivity contribution >= 4 is 22.9 Å². The van der Waals surface area contributed by atoms with Gasteiger partial charge in [0.2, 0.25) is 5.91 Å². The molecule has 5 heterocycles. The smallest absolute Gasteiger partial charge is 0.250 e. The number of primary amides is 1. The van der Waals surface area contributed by atoms with E-state index in [1.54, 1.807) is 23.1 Å². The summed E-state index contributed by atoms with van der Waals surface area (Å²) in [4.78, 5) is 28.7. The van der Waals surface area contributed by atoms with E-state index in [-0.39, 0.29) is 0 Å². The zero-order valence-electron chi connectivity index (χ0n) is 22.8. The number of nitrogen functional groups attached to an aromatic ring is 1. The van der Waals surface area contributed by atoms with Gasteiger partial charge in [-0.3, -0.25) is 14.3 Å². The molecule has 0 atom stereocenters. The number of anilines is 1. The SMILES string of the molecule is Cc1cc(C(N)=O)cnc1C.Nc1ncccc1-c1nc2ccc(-n3cccn3)nc2n1-c1ccc2c(c1)CCC2. The molecule has 1 aliphatic carbocycles. The van der Waals surface area contributed by atoms with Crippen LogP contribution in [0.25, 0.3) is 34.1 Å². The number of carbonyl (C=O) groups is 1. The number of rotatable bonds is 4. The zero-order chi connectivity index (χ0) is 28.5. The second-order valence-electron chi connectivity index (χ2n) is 9.97. The standard InChI is InChI=1S/C23H19N7.C8H10N2O/c24-21-18(6-2-11-25-21)22-27-19-9-10-20(29-13-3-12-26-29)28-23(19)30(22)17-8-7-15-4-1-5-16(15)14-17;1-5-3-7(8(9)11)4-10-6(5)2/h2-3,6-14H,1,4-5H2,(H2,24,25);3-4H,1-2H3,(H2,9,11). The molecule has 1 amide bonds. The Morgan fingerprint density at radius 3 is 2.54 bits per heavy atom. The largest absolute Gasteiger partial charge is 0.383 e. The molecule has 204 valence electrons. The zero-order valence-corrected chi connectivity index (χ0v) is 22.8. The highest BCUT2D eigenvalue weighted by atomic mass is 16.1. The molecule has 1 aliphatic rings. The average Bonchev–Trinajstić information content (AvgIpc) is 3.74. The molecule has 41 heavy (non-hydrogen) atoms. The average molecular weight is 544 g/mol. The molecular weight excluding hydrogens is 514 g/mol. The normalized spacial score (nSPS) is 12.1. The fourth-order valence-corrected chi connectivity index (χ4v) is 4.99. The molecule has 0 unspecified atom stereocenters. The van der Waals surface area contributed by atoms with E-state index in [1.807, 2.05) is 50.4 Å². The predicted molar refractivity (Wildman–Crippen MR) is 158 cm³/mol. The summed E-state index contributed by atoms with van der Waals surface area (Å²) in [5, 5.41) is 4.32. The third-order valence-corrected chi connectivity index (χ3v) is 7.27. The Bertz CT molecular complexity index is 1890. The van der Waals surface area contributed by atoms with Crippen molar-refractivity contribution in [3.05, 3.63) is 107 Å². The summed E-state index contributed by atoms with van der Waals surface area (Å²) in [5.74, 6) is 1.49. The van der Waals surface area contributed by atoms with Crippen molar-refractivity contribution in [2.24, 2.45) is 5.73 Å². The molecule has 1 aromatic carbocycles. The monoisotopic (exact) mass is 543 g/mol. The topological polar surface area (TPSA) is 143 Å². The Balaban J connectivity index is 0.000000233. The summed E-state index contributed by atoms with van der Waals surface area (Å²) < 4.78 is 3.83. The van der Waals surface area contributed by atoms with Crippen molar-refractivity contribution in [3.63, 3.8) is 0 Å². The van der Waals surface area contributed by atoms with Crippen LogP contribution in [0.4, 0.5) is 5.82 Å². The Morgan fingerprint density at radius 2 is 1.78 bits per heavy atom. The first-order chi connectivity index (χ1) is 19.9. The maximum absolute atomic E-state index is 10.6. The van der Waals surface area contributed by atoms with Crippen molar-refractivity contribution < 1.29 is 4.79 Å². The number of carbonyl (C=O) groups excluding carboxylic acids is 1. The van der Waals surface area contributed by atoms with Crippen molar-refractivity contribution in [2.75, 3.05) is 5.73 Å². The van der Waals surface area contributed by atoms with Crippen LogP contribution in [0, 0.1) is 13.8 Å². The van der Waals surface area contributed by atoms with Crippen LogP contribution in [0.5, 0.6) is 0 Å². The van der Waals surface area contributed by atoms with Gasteiger partial charge in [-0.25, -0.2) is 19.6 Å². The number of hydrogen-bond acceptors (Lipinski definition) is 7. The van der Waals surface area contributed by atoms with Crippen LogP contribution in [0.15, 0.2) is 79.4 Å². The summed E-state index contributed by atoms with van der Waals surface area (Å²) in [5.41, 5.74) is 19.8. The number of fused-ring (bicyclic) bond motifs is 2. The highest BCUT2D eigenvalue weighted by molar-refractivity contribution is 5.92. The van der Waals surface area contributed by atoms with Crippen LogP contribution in [-0.2, 0) is 12.8 Å². The summed E-state index contributed by atoms with van der Waals surface area (Å²) in [6, 6.07) is 18.0. The number of nitrogens with two attached hydrogens (primary N) is 2. The molecule has 10 nitrogen and oxygen atoms in total. The van der Waals surface area contributed by atoms with E-state index in [2.05, 4.69) is 37.8 Å². The Kier molecular flexibility index (Phi) is 6.72. The second kappa shape index (κ2) is 10.6. The van der Waals surface area contributed by atoms with Crippen molar-refractivity contribution in [1.82, 2.24) is 34.3 Å². The summed E-state index contributed by atoms with van der Waals surface area (Å²) >= 11 is 0. The van der Waals surface area contributed by atoms with Gasteiger partial charge in [0.25, 0.3) is 0 Å². The molecule has 4 N–H and O–H groups in total. The number of aromatic nitrogens is 7. The van der Waals surface area contributed by atoms with Crippen molar-refractivity contribution in [2.45, 2.75) is 33.1 Å². The molecule has 0 fully saturated rings. The highest BCUT2D eigenvalue weighted by Crippen LogP contribution is 2.32. The Labute approximate surface area is 236 Å². The minimum Gasteiger partial charge on any atom is -0.383 e. The summed E-state index contributed by atoms with van der Waals surface area (Å²) in [6.07, 6.45) is 10.2. The lowest BCUT2D eigenvalue weighted by Gasteiger charge is -2.12. The first-order valence-corrected chi connectivity index (χ1v) is 13.3. The molecule has 7 rings (SSSR count). The first kappa shape index (κ1) is 25.9. The minimum absolute atomic E-state index is 0.430. The summed E-state index contributed by atoms with van der Waals surface area (Å²) in [6.45, 7) is 3.79. The number of imidazole rings is 1. The number of benzene rings is 1. The number of hydrogen-bond donors (Lipinski definition) is 2. The maximum atomic E-state index is 10.6. The van der Waals surface area contributed by atoms with E-state index < -0.39 is 5.91 Å². The lowest BCUT2D eigenvalue weighted by atomic mass is 10.1. The Hall–Kier alpha value is -5.38. The molecule has 5 aromatic heterocycles. The molecule has 0 radical (unpaired) electrons. The molecule has 10 heteroatoms. The number of aryl methyl sites for hydroxylation is 4. The molecule has 0 spiro atoms. The fraction of sp³-hybridized carbons (Fsp3) is 0.161. The lowest BCUT2D eigenvalue weighted by molar-refractivity contribution is 0.1000. The van der Waals surface area contributed by atoms with Gasteiger partial charge in [0.15, 0.2) is 17.3 Å². The van der Waals surface area contributed by atoms with Crippen molar-refractivity contribution in [3.8, 4) is 22.9 Å². The lowest BCUT2D eigenvalue weighted by Crippen LogP contribution is -2.11. The quantitative estimate of drug-likeness (QED) is 0.332. The minimum atomic E-state index is -0.430. The summed E-state index contributed by atoms with van der Waals surface area (Å²) in [7, 11) is 0. The van der Waals surface area contributed by atoms with Crippen LogP contribution in [0.3, 0.4) is 0 Å². The maximum Gasteiger partial charge on any atom is 0.250 e. The highest BCUT2D eigenvalue weighted by Gasteiger charge is 2.20. The second-order valence-corrected chi connectivity index (χ2v) is 9.97. The fourth-order valence-electron chi connectivity index (χ4n) is 4.99. The van der Waals surface area contributed by atoms with Crippen LogP contribution in [0.1, 0.15) is 39.2 Å². The van der Waals surface area contributed by atoms with Gasteiger partial charge in [-0.1, -0.05) is 6.07 Å². The van der Waals surface area contributed by atoms with Gasteiger partial charge in [0.05, 0.1) is 11.1 Å². The van der Waals surface area contributed by atoms with E-state index in [9.17, 15) is 4.79 Å². The van der Waals surface area contributed by atoms with Crippen molar-refractivity contribution in [1.29, 1.82) is 0 Å².